The largest absolute Gasteiger partial charge is 0.507 e. The molecule has 0 aromatic heterocycles. The fourth-order valence-corrected chi connectivity index (χ4v) is 1.56. The second kappa shape index (κ2) is 3.35. The Hall–Kier alpha value is -1.90. The number of hydrogen-bond acceptors (Lipinski definition) is 2. The Morgan fingerprint density at radius 2 is 1.93 bits per heavy atom. The van der Waals surface area contributed by atoms with Gasteiger partial charge in [-0.05, 0) is 48.2 Å². The van der Waals surface area contributed by atoms with E-state index >= 15 is 0 Å². The molecule has 0 aliphatic heterocycles. The monoisotopic (exact) mass is 204 g/mol. The number of aryl methyl sites for hydroxylation is 1. The average molecular weight is 204 g/mol. The van der Waals surface area contributed by atoms with Crippen molar-refractivity contribution in [3.63, 3.8) is 0 Å². The zero-order valence-electron chi connectivity index (χ0n) is 8.12. The van der Waals surface area contributed by atoms with Gasteiger partial charge in [-0.15, -0.1) is 0 Å². The van der Waals surface area contributed by atoms with Gasteiger partial charge >= 0.3 is 0 Å². The van der Waals surface area contributed by atoms with Gasteiger partial charge < -0.3 is 5.11 Å². The normalized spacial score (nSPS) is 10.5. The Balaban J connectivity index is 3.04. The van der Waals surface area contributed by atoms with Crippen LogP contribution in [0.5, 0.6) is 5.75 Å². The zero-order chi connectivity index (χ0) is 11.0. The van der Waals surface area contributed by atoms with Gasteiger partial charge in [0.25, 0.3) is 0 Å². The highest BCUT2D eigenvalue weighted by Crippen LogP contribution is 2.25. The minimum atomic E-state index is -0.426. The zero-order valence-corrected chi connectivity index (χ0v) is 8.12. The van der Waals surface area contributed by atoms with Crippen LogP contribution in [0.1, 0.15) is 5.56 Å². The molecular weight excluding hydrogens is 195 g/mol. The molecule has 0 amide bonds. The van der Waals surface area contributed by atoms with E-state index in [-0.39, 0.29) is 11.2 Å². The number of fused-ring (bicyclic) bond motifs is 1. The van der Waals surface area contributed by atoms with Gasteiger partial charge in [-0.3, -0.25) is 4.79 Å². The summed E-state index contributed by atoms with van der Waals surface area (Å²) in [5.74, 6) is -0.405. The molecule has 76 valence electrons. The molecule has 0 saturated carbocycles. The van der Waals surface area contributed by atoms with E-state index in [4.69, 9.17) is 0 Å². The van der Waals surface area contributed by atoms with Crippen LogP contribution in [0, 0.1) is 12.7 Å². The van der Waals surface area contributed by atoms with Gasteiger partial charge in [0.2, 0.25) is 0 Å². The van der Waals surface area contributed by atoms with E-state index in [9.17, 15) is 14.3 Å². The Morgan fingerprint density at radius 1 is 1.20 bits per heavy atom. The van der Waals surface area contributed by atoms with Crippen molar-refractivity contribution in [1.29, 1.82) is 0 Å². The summed E-state index contributed by atoms with van der Waals surface area (Å²) in [5, 5.41) is 10.7. The highest BCUT2D eigenvalue weighted by molar-refractivity contribution is 5.88. The lowest BCUT2D eigenvalue weighted by molar-refractivity contribution is 0.478. The van der Waals surface area contributed by atoms with Crippen molar-refractivity contribution in [2.75, 3.05) is 0 Å². The van der Waals surface area contributed by atoms with Crippen LogP contribution >= 0.6 is 0 Å². The minimum Gasteiger partial charge on any atom is -0.507 e. The molecule has 3 heteroatoms. The van der Waals surface area contributed by atoms with Gasteiger partial charge in [-0.25, -0.2) is 4.39 Å². The maximum absolute atomic E-state index is 12.9. The molecule has 2 aromatic carbocycles. The first kappa shape index (κ1) is 9.65. The molecule has 1 N–H and O–H groups in total. The van der Waals surface area contributed by atoms with E-state index < -0.39 is 5.82 Å². The molecule has 2 aromatic rings. The Labute approximate surface area is 85.6 Å². The molecule has 2 rings (SSSR count). The first-order valence-electron chi connectivity index (χ1n) is 4.51. The lowest BCUT2D eigenvalue weighted by Crippen LogP contribution is -1.90. The standard InChI is InChI=1S/C12H9FO2/c1-7-4-10(14)6-8-5-9(13)2-3-11(8)12(7)15/h2-6,15H,1H3. The van der Waals surface area contributed by atoms with Crippen molar-refractivity contribution in [3.8, 4) is 5.75 Å². The highest BCUT2D eigenvalue weighted by Gasteiger charge is 2.03. The van der Waals surface area contributed by atoms with Gasteiger partial charge in [-0.1, -0.05) is 0 Å². The van der Waals surface area contributed by atoms with Crippen LogP contribution in [0.25, 0.3) is 10.8 Å². The van der Waals surface area contributed by atoms with E-state index in [1.807, 2.05) is 0 Å². The second-order valence-electron chi connectivity index (χ2n) is 3.45. The molecule has 0 bridgehead atoms. The highest BCUT2D eigenvalue weighted by atomic mass is 19.1. The summed E-state index contributed by atoms with van der Waals surface area (Å²) < 4.78 is 12.9. The molecule has 0 aliphatic carbocycles. The van der Waals surface area contributed by atoms with Gasteiger partial charge in [0.05, 0.1) is 0 Å². The number of benzene rings is 1. The third-order valence-corrected chi connectivity index (χ3v) is 2.30. The minimum absolute atomic E-state index is 0.0205. The SMILES string of the molecule is Cc1cc(=O)cc2cc(F)ccc2c1O. The first-order valence-corrected chi connectivity index (χ1v) is 4.51. The summed E-state index contributed by atoms with van der Waals surface area (Å²) in [6, 6.07) is 6.59. The van der Waals surface area contributed by atoms with Crippen molar-refractivity contribution in [1.82, 2.24) is 0 Å². The molecule has 0 saturated heterocycles. The lowest BCUT2D eigenvalue weighted by atomic mass is 10.1. The summed E-state index contributed by atoms with van der Waals surface area (Å²) in [6.45, 7) is 1.64. The molecule has 0 radical (unpaired) electrons. The molecule has 0 spiro atoms. The van der Waals surface area contributed by atoms with Crippen molar-refractivity contribution in [2.45, 2.75) is 6.92 Å². The van der Waals surface area contributed by atoms with E-state index in [1.54, 1.807) is 6.92 Å². The third kappa shape index (κ3) is 1.68. The maximum Gasteiger partial charge on any atom is 0.179 e. The molecule has 0 unspecified atom stereocenters. The quantitative estimate of drug-likeness (QED) is 0.715. The molecular formula is C12H9FO2. The van der Waals surface area contributed by atoms with E-state index in [0.717, 1.165) is 0 Å². The summed E-state index contributed by atoms with van der Waals surface area (Å²) in [7, 11) is 0. The molecule has 0 heterocycles. The molecule has 0 fully saturated rings. The topological polar surface area (TPSA) is 37.3 Å². The van der Waals surface area contributed by atoms with E-state index in [1.165, 1.54) is 30.3 Å². The van der Waals surface area contributed by atoms with Crippen LogP contribution in [0.2, 0.25) is 0 Å². The second-order valence-corrected chi connectivity index (χ2v) is 3.45. The van der Waals surface area contributed by atoms with Gasteiger partial charge in [-0.2, -0.15) is 0 Å². The predicted molar refractivity (Wildman–Crippen MR) is 56.6 cm³/mol. The van der Waals surface area contributed by atoms with Crippen LogP contribution in [0.4, 0.5) is 4.39 Å². The summed E-state index contributed by atoms with van der Waals surface area (Å²) in [6.07, 6.45) is 0. The van der Waals surface area contributed by atoms with Crippen molar-refractivity contribution < 1.29 is 9.50 Å². The molecule has 15 heavy (non-hydrogen) atoms. The van der Waals surface area contributed by atoms with E-state index in [2.05, 4.69) is 0 Å². The van der Waals surface area contributed by atoms with Crippen LogP contribution in [-0.2, 0) is 0 Å². The van der Waals surface area contributed by atoms with Crippen LogP contribution in [0.15, 0.2) is 35.1 Å². The van der Waals surface area contributed by atoms with Crippen LogP contribution in [0.3, 0.4) is 0 Å². The number of halogens is 1. The lowest BCUT2D eigenvalue weighted by Gasteiger charge is -1.97. The predicted octanol–water partition coefficient (Wildman–Crippen LogP) is 2.35. The third-order valence-electron chi connectivity index (χ3n) is 2.30. The Kier molecular flexibility index (Phi) is 2.15. The summed E-state index contributed by atoms with van der Waals surface area (Å²) >= 11 is 0. The fraction of sp³-hybridized carbons (Fsp3) is 0.0833. The first-order chi connectivity index (χ1) is 7.08. The number of rotatable bonds is 0. The average Bonchev–Trinajstić information content (AvgIpc) is 2.25. The van der Waals surface area contributed by atoms with Gasteiger partial charge in [0.15, 0.2) is 5.43 Å². The van der Waals surface area contributed by atoms with Crippen LogP contribution in [-0.4, -0.2) is 5.11 Å². The fourth-order valence-electron chi connectivity index (χ4n) is 1.56. The van der Waals surface area contributed by atoms with Crippen molar-refractivity contribution in [3.05, 3.63) is 51.9 Å². The van der Waals surface area contributed by atoms with Crippen LogP contribution < -0.4 is 5.43 Å². The summed E-state index contributed by atoms with van der Waals surface area (Å²) in [5.41, 5.74) is 0.241. The van der Waals surface area contributed by atoms with Gasteiger partial charge in [0, 0.05) is 5.39 Å². The number of aromatic hydroxyl groups is 1. The molecule has 2 nitrogen and oxygen atoms in total. The van der Waals surface area contributed by atoms with E-state index in [0.29, 0.717) is 16.3 Å². The van der Waals surface area contributed by atoms with Gasteiger partial charge in [0.1, 0.15) is 11.6 Å². The number of hydrogen-bond donors (Lipinski definition) is 1. The van der Waals surface area contributed by atoms with Crippen molar-refractivity contribution in [2.24, 2.45) is 0 Å². The van der Waals surface area contributed by atoms with Crippen molar-refractivity contribution >= 4 is 10.8 Å². The Morgan fingerprint density at radius 3 is 2.67 bits per heavy atom. The Bertz CT molecular complexity index is 591. The smallest absolute Gasteiger partial charge is 0.179 e. The summed E-state index contributed by atoms with van der Waals surface area (Å²) in [4.78, 5) is 11.3. The molecule has 0 aliphatic rings. The maximum atomic E-state index is 12.9. The molecule has 0 atom stereocenters.